The minimum Gasteiger partial charge on any atom is -0.378 e. The Balaban J connectivity index is 1.82. The molecule has 0 spiro atoms. The number of rotatable bonds is 5. The van der Waals surface area contributed by atoms with Crippen LogP contribution in [-0.4, -0.2) is 9.78 Å². The Kier molecular flexibility index (Phi) is 4.27. The summed E-state index contributed by atoms with van der Waals surface area (Å²) in [6.07, 6.45) is 4.78. The van der Waals surface area contributed by atoms with Crippen molar-refractivity contribution in [2.45, 2.75) is 19.9 Å². The van der Waals surface area contributed by atoms with Crippen LogP contribution in [-0.2, 0) is 13.0 Å². The van der Waals surface area contributed by atoms with Crippen LogP contribution in [0.25, 0.3) is 5.69 Å². The highest BCUT2D eigenvalue weighted by molar-refractivity contribution is 7.12. The van der Waals surface area contributed by atoms with Gasteiger partial charge < -0.3 is 5.32 Å². The van der Waals surface area contributed by atoms with E-state index < -0.39 is 0 Å². The summed E-state index contributed by atoms with van der Waals surface area (Å²) in [6.45, 7) is 2.97. The highest BCUT2D eigenvalue weighted by Gasteiger charge is 2.07. The van der Waals surface area contributed by atoms with Crippen LogP contribution < -0.4 is 5.32 Å². The Labute approximate surface area is 133 Å². The summed E-state index contributed by atoms with van der Waals surface area (Å²) in [4.78, 5) is 2.73. The molecule has 3 aromatic rings. The molecule has 0 radical (unpaired) electrons. The third kappa shape index (κ3) is 3.28. The zero-order valence-corrected chi connectivity index (χ0v) is 13.3. The summed E-state index contributed by atoms with van der Waals surface area (Å²) in [7, 11) is 0. The highest BCUT2D eigenvalue weighted by atomic mass is 35.5. The average molecular weight is 318 g/mol. The van der Waals surface area contributed by atoms with Crippen molar-refractivity contribution in [1.29, 1.82) is 0 Å². The van der Waals surface area contributed by atoms with E-state index in [2.05, 4.69) is 29.5 Å². The van der Waals surface area contributed by atoms with E-state index in [1.54, 1.807) is 6.20 Å². The lowest BCUT2D eigenvalue weighted by atomic mass is 10.2. The molecule has 21 heavy (non-hydrogen) atoms. The zero-order chi connectivity index (χ0) is 14.7. The van der Waals surface area contributed by atoms with Crippen LogP contribution in [0.5, 0.6) is 0 Å². The summed E-state index contributed by atoms with van der Waals surface area (Å²) in [6, 6.07) is 12.1. The Morgan fingerprint density at radius 2 is 2.10 bits per heavy atom. The molecule has 2 heterocycles. The third-order valence-electron chi connectivity index (χ3n) is 3.23. The SMILES string of the molecule is CCc1ccc(CNc2cc(Cl)ccc2-n2cccn2)s1. The largest absolute Gasteiger partial charge is 0.378 e. The van der Waals surface area contributed by atoms with Gasteiger partial charge in [0, 0.05) is 33.7 Å². The number of aryl methyl sites for hydroxylation is 1. The molecule has 0 saturated carbocycles. The van der Waals surface area contributed by atoms with E-state index in [-0.39, 0.29) is 0 Å². The lowest BCUT2D eigenvalue weighted by Gasteiger charge is -2.12. The maximum Gasteiger partial charge on any atom is 0.0877 e. The molecule has 5 heteroatoms. The van der Waals surface area contributed by atoms with Crippen LogP contribution in [0.3, 0.4) is 0 Å². The minimum atomic E-state index is 0.717. The van der Waals surface area contributed by atoms with Crippen molar-refractivity contribution in [2.75, 3.05) is 5.32 Å². The first kappa shape index (κ1) is 14.2. The number of nitrogens with zero attached hydrogens (tertiary/aromatic N) is 2. The van der Waals surface area contributed by atoms with E-state index in [1.165, 1.54) is 9.75 Å². The molecule has 0 unspecified atom stereocenters. The quantitative estimate of drug-likeness (QED) is 0.735. The van der Waals surface area contributed by atoms with Gasteiger partial charge >= 0.3 is 0 Å². The number of nitrogens with one attached hydrogen (secondary N) is 1. The molecule has 2 aromatic heterocycles. The fourth-order valence-corrected chi connectivity index (χ4v) is 3.22. The maximum absolute atomic E-state index is 6.12. The predicted molar refractivity (Wildman–Crippen MR) is 89.6 cm³/mol. The number of anilines is 1. The first-order chi connectivity index (χ1) is 10.3. The molecule has 0 aliphatic rings. The molecule has 0 atom stereocenters. The molecule has 1 aromatic carbocycles. The molecule has 3 rings (SSSR count). The van der Waals surface area contributed by atoms with Crippen molar-refractivity contribution in [2.24, 2.45) is 0 Å². The predicted octanol–water partition coefficient (Wildman–Crippen LogP) is 4.76. The van der Waals surface area contributed by atoms with Crippen LogP contribution in [0, 0.1) is 0 Å². The van der Waals surface area contributed by atoms with Gasteiger partial charge in [0.05, 0.1) is 11.4 Å². The summed E-state index contributed by atoms with van der Waals surface area (Å²) in [5, 5.41) is 8.46. The summed E-state index contributed by atoms with van der Waals surface area (Å²) < 4.78 is 1.84. The molecule has 1 N–H and O–H groups in total. The monoisotopic (exact) mass is 317 g/mol. The van der Waals surface area contributed by atoms with Crippen molar-refractivity contribution in [3.63, 3.8) is 0 Å². The van der Waals surface area contributed by atoms with Crippen molar-refractivity contribution in [3.05, 3.63) is 63.6 Å². The van der Waals surface area contributed by atoms with Crippen LogP contribution in [0.2, 0.25) is 5.02 Å². The molecule has 0 fully saturated rings. The van der Waals surface area contributed by atoms with Crippen molar-refractivity contribution >= 4 is 28.6 Å². The van der Waals surface area contributed by atoms with E-state index in [1.807, 2.05) is 46.5 Å². The molecule has 0 saturated heterocycles. The summed E-state index contributed by atoms with van der Waals surface area (Å²) in [5.41, 5.74) is 1.98. The maximum atomic E-state index is 6.12. The smallest absolute Gasteiger partial charge is 0.0877 e. The van der Waals surface area contributed by atoms with Gasteiger partial charge in [-0.1, -0.05) is 18.5 Å². The van der Waals surface area contributed by atoms with Crippen LogP contribution in [0.1, 0.15) is 16.7 Å². The van der Waals surface area contributed by atoms with E-state index >= 15 is 0 Å². The lowest BCUT2D eigenvalue weighted by molar-refractivity contribution is 0.879. The fourth-order valence-electron chi connectivity index (χ4n) is 2.15. The Morgan fingerprint density at radius 1 is 1.24 bits per heavy atom. The van der Waals surface area contributed by atoms with Gasteiger partial charge in [0.2, 0.25) is 0 Å². The van der Waals surface area contributed by atoms with Gasteiger partial charge in [-0.2, -0.15) is 5.10 Å². The van der Waals surface area contributed by atoms with Gasteiger partial charge in [0.1, 0.15) is 0 Å². The molecule has 108 valence electrons. The third-order valence-corrected chi connectivity index (χ3v) is 4.69. The van der Waals surface area contributed by atoms with Gasteiger partial charge in [0.25, 0.3) is 0 Å². The topological polar surface area (TPSA) is 29.9 Å². The average Bonchev–Trinajstić information content (AvgIpc) is 3.16. The molecule has 0 aliphatic carbocycles. The van der Waals surface area contributed by atoms with Crippen molar-refractivity contribution in [3.8, 4) is 5.69 Å². The molecule has 0 aliphatic heterocycles. The van der Waals surface area contributed by atoms with E-state index in [4.69, 9.17) is 11.6 Å². The molecule has 0 amide bonds. The highest BCUT2D eigenvalue weighted by Crippen LogP contribution is 2.26. The fraction of sp³-hybridized carbons (Fsp3) is 0.188. The Morgan fingerprint density at radius 3 is 2.81 bits per heavy atom. The van der Waals surface area contributed by atoms with Crippen LogP contribution in [0.15, 0.2) is 48.8 Å². The van der Waals surface area contributed by atoms with Gasteiger partial charge in [0.15, 0.2) is 0 Å². The number of thiophene rings is 1. The first-order valence-electron chi connectivity index (χ1n) is 6.87. The number of benzene rings is 1. The second-order valence-electron chi connectivity index (χ2n) is 4.69. The minimum absolute atomic E-state index is 0.717. The van der Waals surface area contributed by atoms with Gasteiger partial charge in [-0.3, -0.25) is 0 Å². The number of aromatic nitrogens is 2. The van der Waals surface area contributed by atoms with E-state index in [9.17, 15) is 0 Å². The number of hydrogen-bond donors (Lipinski definition) is 1. The summed E-state index contributed by atoms with van der Waals surface area (Å²) >= 11 is 7.96. The van der Waals surface area contributed by atoms with Crippen LogP contribution in [0.4, 0.5) is 5.69 Å². The lowest BCUT2D eigenvalue weighted by Crippen LogP contribution is -2.04. The Hall–Kier alpha value is -1.78. The van der Waals surface area contributed by atoms with Crippen LogP contribution >= 0.6 is 22.9 Å². The van der Waals surface area contributed by atoms with Crippen molar-refractivity contribution < 1.29 is 0 Å². The first-order valence-corrected chi connectivity index (χ1v) is 8.06. The Bertz CT molecular complexity index is 719. The van der Waals surface area contributed by atoms with Gasteiger partial charge in [-0.25, -0.2) is 4.68 Å². The molecule has 0 bridgehead atoms. The standard InChI is InChI=1S/C16H16ClN3S/c1-2-13-5-6-14(21-13)11-18-15-10-12(17)4-7-16(15)20-9-3-8-19-20/h3-10,18H,2,11H2,1H3. The van der Waals surface area contributed by atoms with E-state index in [0.717, 1.165) is 24.3 Å². The van der Waals surface area contributed by atoms with Gasteiger partial charge in [-0.15, -0.1) is 11.3 Å². The van der Waals surface area contributed by atoms with E-state index in [0.29, 0.717) is 5.02 Å². The van der Waals surface area contributed by atoms with Crippen molar-refractivity contribution in [1.82, 2.24) is 9.78 Å². The second-order valence-corrected chi connectivity index (χ2v) is 6.38. The summed E-state index contributed by atoms with van der Waals surface area (Å²) in [5.74, 6) is 0. The normalized spacial score (nSPS) is 10.8. The molecular formula is C16H16ClN3S. The second kappa shape index (κ2) is 6.33. The molecule has 3 nitrogen and oxygen atoms in total. The number of halogens is 1. The van der Waals surface area contributed by atoms with Gasteiger partial charge in [-0.05, 0) is 42.8 Å². The number of hydrogen-bond acceptors (Lipinski definition) is 3. The molecular weight excluding hydrogens is 302 g/mol. The zero-order valence-electron chi connectivity index (χ0n) is 11.7.